The van der Waals surface area contributed by atoms with Crippen LogP contribution in [0.3, 0.4) is 0 Å². The minimum Gasteiger partial charge on any atom is -0.481 e. The molecule has 3 atom stereocenters. The third-order valence-corrected chi connectivity index (χ3v) is 4.48. The van der Waals surface area contributed by atoms with Crippen molar-refractivity contribution in [1.82, 2.24) is 4.98 Å². The predicted octanol–water partition coefficient (Wildman–Crippen LogP) is 0.931. The molecule has 1 aromatic heterocycles. The van der Waals surface area contributed by atoms with Gasteiger partial charge in [0.1, 0.15) is 5.82 Å². The first kappa shape index (κ1) is 12.9. The molecule has 106 valence electrons. The molecule has 2 aliphatic heterocycles. The van der Waals surface area contributed by atoms with Crippen LogP contribution in [0.5, 0.6) is 0 Å². The van der Waals surface area contributed by atoms with E-state index in [0.717, 1.165) is 18.4 Å². The molecule has 6 heteroatoms. The molecule has 2 bridgehead atoms. The lowest BCUT2D eigenvalue weighted by Gasteiger charge is -2.26. The van der Waals surface area contributed by atoms with Gasteiger partial charge in [0.25, 0.3) is 5.91 Å². The van der Waals surface area contributed by atoms with Gasteiger partial charge in [-0.1, -0.05) is 0 Å². The Morgan fingerprint density at radius 2 is 2.20 bits per heavy atom. The Morgan fingerprint density at radius 3 is 2.80 bits per heavy atom. The quantitative estimate of drug-likeness (QED) is 0.855. The van der Waals surface area contributed by atoms with Crippen molar-refractivity contribution in [2.45, 2.75) is 38.3 Å². The zero-order chi connectivity index (χ0) is 14.4. The summed E-state index contributed by atoms with van der Waals surface area (Å²) in [5.74, 6) is -1.11. The highest BCUT2D eigenvalue weighted by atomic mass is 16.4. The molecule has 3 N–H and O–H groups in total. The Balaban J connectivity index is 2.05. The summed E-state index contributed by atoms with van der Waals surface area (Å²) in [5, 5.41) is 9.29. The van der Waals surface area contributed by atoms with Gasteiger partial charge in [-0.3, -0.25) is 9.59 Å². The average Bonchev–Trinajstić information content (AvgIpc) is 2.95. The Hall–Kier alpha value is -2.11. The highest BCUT2D eigenvalue weighted by molar-refractivity contribution is 5.99. The van der Waals surface area contributed by atoms with Crippen molar-refractivity contribution in [1.29, 1.82) is 0 Å². The van der Waals surface area contributed by atoms with Crippen molar-refractivity contribution >= 4 is 17.7 Å². The van der Waals surface area contributed by atoms with E-state index in [-0.39, 0.29) is 18.0 Å². The Bertz CT molecular complexity index is 587. The first-order chi connectivity index (χ1) is 9.50. The molecule has 2 fully saturated rings. The van der Waals surface area contributed by atoms with Crippen LogP contribution in [0.4, 0.5) is 5.82 Å². The molecule has 0 aromatic carbocycles. The smallest absolute Gasteiger partial charge is 0.308 e. The molecule has 0 spiro atoms. The van der Waals surface area contributed by atoms with Crippen LogP contribution in [0.1, 0.15) is 35.2 Å². The molecule has 3 rings (SSSR count). The summed E-state index contributed by atoms with van der Waals surface area (Å²) in [6.07, 6.45) is 4.04. The molecule has 3 heterocycles. The molecular formula is C14H17N3O3. The molecule has 0 saturated carbocycles. The van der Waals surface area contributed by atoms with Gasteiger partial charge >= 0.3 is 5.97 Å². The van der Waals surface area contributed by atoms with E-state index >= 15 is 0 Å². The molecule has 0 aliphatic carbocycles. The zero-order valence-electron chi connectivity index (χ0n) is 11.2. The number of aliphatic carboxylic acids is 1. The Kier molecular flexibility index (Phi) is 2.88. The number of aromatic nitrogens is 1. The molecule has 3 unspecified atom stereocenters. The van der Waals surface area contributed by atoms with Gasteiger partial charge in [0.05, 0.1) is 11.5 Å². The lowest BCUT2D eigenvalue weighted by Crippen LogP contribution is -2.35. The number of primary amides is 1. The molecule has 6 nitrogen and oxygen atoms in total. The number of nitrogens with two attached hydrogens (primary N) is 1. The largest absolute Gasteiger partial charge is 0.481 e. The summed E-state index contributed by atoms with van der Waals surface area (Å²) in [6.45, 7) is 1.82. The van der Waals surface area contributed by atoms with Gasteiger partial charge < -0.3 is 15.7 Å². The van der Waals surface area contributed by atoms with Crippen molar-refractivity contribution in [3.63, 3.8) is 0 Å². The number of pyridine rings is 1. The fourth-order valence-electron chi connectivity index (χ4n) is 3.63. The van der Waals surface area contributed by atoms with E-state index in [9.17, 15) is 14.7 Å². The second kappa shape index (κ2) is 4.47. The van der Waals surface area contributed by atoms with Gasteiger partial charge in [0, 0.05) is 18.3 Å². The van der Waals surface area contributed by atoms with E-state index in [1.165, 1.54) is 0 Å². The standard InChI is InChI=1S/C14H17N3O3/c1-7-4-5-16-13(11(7)12(15)18)17-8-2-3-10(17)9(6-8)14(19)20/h4-5,8-10H,2-3,6H2,1H3,(H2,15,18)(H,19,20). The van der Waals surface area contributed by atoms with Crippen molar-refractivity contribution < 1.29 is 14.7 Å². The minimum absolute atomic E-state index is 0.0788. The highest BCUT2D eigenvalue weighted by Crippen LogP contribution is 2.45. The van der Waals surface area contributed by atoms with E-state index in [1.54, 1.807) is 12.3 Å². The third kappa shape index (κ3) is 1.75. The van der Waals surface area contributed by atoms with Crippen molar-refractivity contribution in [2.75, 3.05) is 4.90 Å². The average molecular weight is 275 g/mol. The van der Waals surface area contributed by atoms with E-state index in [2.05, 4.69) is 4.98 Å². The fraction of sp³-hybridized carbons (Fsp3) is 0.500. The van der Waals surface area contributed by atoms with Crippen LogP contribution in [-0.2, 0) is 4.79 Å². The van der Waals surface area contributed by atoms with Crippen LogP contribution in [0.25, 0.3) is 0 Å². The maximum absolute atomic E-state index is 11.7. The van der Waals surface area contributed by atoms with Crippen molar-refractivity contribution in [3.8, 4) is 0 Å². The predicted molar refractivity (Wildman–Crippen MR) is 72.5 cm³/mol. The van der Waals surface area contributed by atoms with Crippen LogP contribution in [0.2, 0.25) is 0 Å². The number of rotatable bonds is 3. The van der Waals surface area contributed by atoms with Gasteiger partial charge in [-0.15, -0.1) is 0 Å². The fourth-order valence-corrected chi connectivity index (χ4v) is 3.63. The van der Waals surface area contributed by atoms with Gasteiger partial charge in [-0.2, -0.15) is 0 Å². The van der Waals surface area contributed by atoms with E-state index in [1.807, 2.05) is 11.8 Å². The number of aryl methyl sites for hydroxylation is 1. The lowest BCUT2D eigenvalue weighted by atomic mass is 9.89. The molecule has 0 radical (unpaired) electrons. The van der Waals surface area contributed by atoms with Crippen LogP contribution >= 0.6 is 0 Å². The first-order valence-corrected chi connectivity index (χ1v) is 6.77. The monoisotopic (exact) mass is 275 g/mol. The number of nitrogens with zero attached hydrogens (tertiary/aromatic N) is 2. The second-order valence-corrected chi connectivity index (χ2v) is 5.58. The maximum atomic E-state index is 11.7. The van der Waals surface area contributed by atoms with Gasteiger partial charge in [-0.25, -0.2) is 4.98 Å². The first-order valence-electron chi connectivity index (χ1n) is 6.77. The minimum atomic E-state index is -0.768. The number of hydrogen-bond donors (Lipinski definition) is 2. The van der Waals surface area contributed by atoms with Crippen LogP contribution < -0.4 is 10.6 Å². The van der Waals surface area contributed by atoms with E-state index in [0.29, 0.717) is 17.8 Å². The van der Waals surface area contributed by atoms with Crippen LogP contribution in [-0.4, -0.2) is 34.1 Å². The summed E-state index contributed by atoms with van der Waals surface area (Å²) < 4.78 is 0. The van der Waals surface area contributed by atoms with Crippen LogP contribution in [0.15, 0.2) is 12.3 Å². The topological polar surface area (TPSA) is 96.5 Å². The molecule has 2 aliphatic rings. The normalized spacial score (nSPS) is 27.9. The summed E-state index contributed by atoms with van der Waals surface area (Å²) in [7, 11) is 0. The maximum Gasteiger partial charge on any atom is 0.308 e. The summed E-state index contributed by atoms with van der Waals surface area (Å²) in [6, 6.07) is 1.81. The van der Waals surface area contributed by atoms with E-state index < -0.39 is 11.9 Å². The Morgan fingerprint density at radius 1 is 1.45 bits per heavy atom. The van der Waals surface area contributed by atoms with Crippen molar-refractivity contribution in [3.05, 3.63) is 23.4 Å². The Labute approximate surface area is 116 Å². The lowest BCUT2D eigenvalue weighted by molar-refractivity contribution is -0.142. The zero-order valence-corrected chi connectivity index (χ0v) is 11.2. The summed E-state index contributed by atoms with van der Waals surface area (Å²) >= 11 is 0. The second-order valence-electron chi connectivity index (χ2n) is 5.58. The number of carbonyl (C=O) groups excluding carboxylic acids is 1. The van der Waals surface area contributed by atoms with Crippen LogP contribution in [0, 0.1) is 12.8 Å². The summed E-state index contributed by atoms with van der Waals surface area (Å²) in [4.78, 5) is 29.3. The molecule has 20 heavy (non-hydrogen) atoms. The SMILES string of the molecule is Cc1ccnc(N2C3CCC2C(C(=O)O)C3)c1C(N)=O. The van der Waals surface area contributed by atoms with Gasteiger partial charge in [-0.05, 0) is 37.8 Å². The summed E-state index contributed by atoms with van der Waals surface area (Å²) in [5.41, 5.74) is 6.66. The third-order valence-electron chi connectivity index (χ3n) is 4.48. The molecule has 2 saturated heterocycles. The number of carbonyl (C=O) groups is 2. The molecule has 1 aromatic rings. The molecular weight excluding hydrogens is 258 g/mol. The number of carboxylic acids is 1. The van der Waals surface area contributed by atoms with Crippen molar-refractivity contribution in [2.24, 2.45) is 11.7 Å². The van der Waals surface area contributed by atoms with Gasteiger partial charge in [0.2, 0.25) is 0 Å². The van der Waals surface area contributed by atoms with E-state index in [4.69, 9.17) is 5.73 Å². The molecule has 1 amide bonds. The number of anilines is 1. The number of hydrogen-bond acceptors (Lipinski definition) is 4. The van der Waals surface area contributed by atoms with Gasteiger partial charge in [0.15, 0.2) is 0 Å². The number of fused-ring (bicyclic) bond motifs is 2. The number of amides is 1. The highest BCUT2D eigenvalue weighted by Gasteiger charge is 2.50. The number of carboxylic acid groups (broad SMARTS) is 1.